The van der Waals surface area contributed by atoms with E-state index in [1.807, 2.05) is 0 Å². The van der Waals surface area contributed by atoms with Gasteiger partial charge >= 0.3 is 31.2 Å². The fourth-order valence-corrected chi connectivity index (χ4v) is 6.89. The van der Waals surface area contributed by atoms with Gasteiger partial charge in [0, 0.05) is 57.8 Å². The van der Waals surface area contributed by atoms with Crippen molar-refractivity contribution >= 4 is 54.0 Å². The molecule has 0 saturated carbocycles. The summed E-state index contributed by atoms with van der Waals surface area (Å²) >= 11 is 0. The van der Waals surface area contributed by atoms with Gasteiger partial charge in [-0.15, -0.1) is 0 Å². The van der Waals surface area contributed by atoms with Crippen LogP contribution in [0.2, 0.25) is 0 Å². The molecule has 0 aliphatic heterocycles. The summed E-state index contributed by atoms with van der Waals surface area (Å²) < 4.78 is 43.9. The molecule has 4 aromatic rings. The molecule has 0 aliphatic rings. The van der Waals surface area contributed by atoms with Crippen molar-refractivity contribution in [1.29, 1.82) is 0 Å². The van der Waals surface area contributed by atoms with Crippen LogP contribution in [-0.4, -0.2) is 74.9 Å². The van der Waals surface area contributed by atoms with Crippen LogP contribution in [0.15, 0.2) is 48.5 Å². The first-order valence-corrected chi connectivity index (χ1v) is 22.9. The van der Waals surface area contributed by atoms with E-state index in [9.17, 15) is 38.7 Å². The van der Waals surface area contributed by atoms with E-state index >= 15 is 0 Å². The van der Waals surface area contributed by atoms with Gasteiger partial charge in [0.1, 0.15) is 35.6 Å². The smallest absolute Gasteiger partial charge is 0.507 e. The molecule has 0 aromatic heterocycles. The Kier molecular flexibility index (Phi) is 16.2. The Morgan fingerprint density at radius 3 is 0.911 bits per heavy atom. The maximum absolute atomic E-state index is 11.1. The highest BCUT2D eigenvalue weighted by Crippen LogP contribution is 2.39. The third-order valence-electron chi connectivity index (χ3n) is 8.09. The Bertz CT molecular complexity index is 2040. The number of phenols is 4. The second kappa shape index (κ2) is 19.7. The summed E-state index contributed by atoms with van der Waals surface area (Å²) in [6, 6.07) is 12.7. The molecule has 0 aliphatic carbocycles. The molecular formula is C34H46N4O14P4+2. The fraction of sp³-hybridized carbons (Fsp3) is 0.294. The van der Waals surface area contributed by atoms with Gasteiger partial charge in [0.15, 0.2) is 0 Å². The first-order valence-electron chi connectivity index (χ1n) is 16.5. The summed E-state index contributed by atoms with van der Waals surface area (Å²) in [6.07, 6.45) is -1.06. The van der Waals surface area contributed by atoms with Gasteiger partial charge in [-0.25, -0.2) is 0 Å². The van der Waals surface area contributed by atoms with Gasteiger partial charge in [0.25, 0.3) is 0 Å². The van der Waals surface area contributed by atoms with Crippen LogP contribution in [-0.2, 0) is 31.1 Å². The average Bonchev–Trinajstić information content (AvgIpc) is 3.08. The predicted molar refractivity (Wildman–Crippen MR) is 215 cm³/mol. The lowest BCUT2D eigenvalue weighted by molar-refractivity contribution is 0.373. The average molecular weight is 859 g/mol. The summed E-state index contributed by atoms with van der Waals surface area (Å²) in [5, 5.41) is 52.4. The van der Waals surface area contributed by atoms with Crippen molar-refractivity contribution in [3.05, 3.63) is 93.0 Å². The number of aromatic hydroxyl groups is 4. The maximum Gasteiger partial charge on any atom is 0.527 e. The quantitative estimate of drug-likeness (QED) is 0.0460. The largest absolute Gasteiger partial charge is 0.527 e. The van der Waals surface area contributed by atoms with Gasteiger partial charge < -0.3 is 61.3 Å². The summed E-state index contributed by atoms with van der Waals surface area (Å²) in [5.74, 6) is 0.0836. The van der Waals surface area contributed by atoms with E-state index in [0.717, 1.165) is 0 Å². The minimum Gasteiger partial charge on any atom is -0.507 e. The van der Waals surface area contributed by atoms with Crippen molar-refractivity contribution in [2.45, 2.75) is 40.5 Å². The van der Waals surface area contributed by atoms with E-state index in [1.165, 1.54) is 24.3 Å². The van der Waals surface area contributed by atoms with Crippen LogP contribution in [0, 0.1) is 27.7 Å². The minimum absolute atomic E-state index is 0.0302. The van der Waals surface area contributed by atoms with Crippen LogP contribution in [0.5, 0.6) is 23.0 Å². The SMILES string of the molecule is Cc1cc(NCP(=O)(O)O)cc(Cc2cc(NCP(=O)(O)O)cc(C)c2O)c1O.Cc1cc(NC[P+](=O)O)cc(Cc2cc(NC[P+](=O)O)cc(C)c2O)c1O. The monoisotopic (exact) mass is 858 g/mol. The molecule has 56 heavy (non-hydrogen) atoms. The summed E-state index contributed by atoms with van der Waals surface area (Å²) in [5.41, 5.74) is 5.95. The highest BCUT2D eigenvalue weighted by molar-refractivity contribution is 7.52. The number of phenolic OH excluding ortho intramolecular Hbond substituents is 4. The van der Waals surface area contributed by atoms with Crippen LogP contribution >= 0.6 is 31.2 Å². The molecule has 18 nitrogen and oxygen atoms in total. The molecule has 22 heteroatoms. The topological polar surface area (TPSA) is 319 Å². The molecule has 2 atom stereocenters. The number of rotatable bonds is 16. The maximum atomic E-state index is 11.1. The number of aryl methyl sites for hydroxylation is 4. The van der Waals surface area contributed by atoms with Crippen LogP contribution < -0.4 is 21.3 Å². The van der Waals surface area contributed by atoms with Crippen LogP contribution in [0.4, 0.5) is 22.7 Å². The molecule has 0 spiro atoms. The number of hydrogen-bond donors (Lipinski definition) is 14. The molecule has 14 N–H and O–H groups in total. The fourth-order valence-electron chi connectivity index (χ4n) is 5.47. The predicted octanol–water partition coefficient (Wildman–Crippen LogP) is 5.91. The van der Waals surface area contributed by atoms with Gasteiger partial charge in [-0.3, -0.25) is 9.13 Å². The van der Waals surface area contributed by atoms with E-state index in [4.69, 9.17) is 29.4 Å². The van der Waals surface area contributed by atoms with Gasteiger partial charge in [-0.2, -0.15) is 9.79 Å². The second-order valence-corrected chi connectivity index (χ2v) is 18.3. The van der Waals surface area contributed by atoms with E-state index < -0.39 is 43.8 Å². The Morgan fingerprint density at radius 2 is 0.696 bits per heavy atom. The molecule has 0 radical (unpaired) electrons. The van der Waals surface area contributed by atoms with Crippen molar-refractivity contribution in [2.24, 2.45) is 0 Å². The molecule has 4 aromatic carbocycles. The number of anilines is 4. The number of hydrogen-bond acceptors (Lipinski definition) is 12. The van der Waals surface area contributed by atoms with E-state index in [0.29, 0.717) is 67.3 Å². The zero-order valence-corrected chi connectivity index (χ0v) is 34.3. The standard InChI is InChI=1S/C17H24N2O8P2.C17H20N2O6P2/c1-10-3-14(18-8-28(22,23)24)6-12(16(10)20)5-13-7-15(4-11(2)17(13)21)19-9-29(25,26)27;1-10-3-14(18-8-26(22)23)6-12(16(10)20)5-13-7-15(19-9-27(24)25)4-11(2)17(13)21/h3-4,6-7,18-21H,5,8-9H2,1-2H3,(H2,22,23,24)(H2,25,26,27);3-4,6-7,18-19H,5,8-9H2,1-2H3,(H2-2,20,21,22,23,24,25)/p+2. The Morgan fingerprint density at radius 1 is 0.464 bits per heavy atom. The molecule has 0 bridgehead atoms. The first kappa shape index (κ1) is 46.1. The normalized spacial score (nSPS) is 12.0. The van der Waals surface area contributed by atoms with Crippen LogP contribution in [0.3, 0.4) is 0 Å². The number of benzene rings is 4. The third kappa shape index (κ3) is 14.6. The summed E-state index contributed by atoms with van der Waals surface area (Å²) in [7, 11) is -13.2. The van der Waals surface area contributed by atoms with E-state index in [1.54, 1.807) is 52.0 Å². The van der Waals surface area contributed by atoms with Crippen molar-refractivity contribution in [1.82, 2.24) is 0 Å². The van der Waals surface area contributed by atoms with Gasteiger partial charge in [-0.05, 0) is 108 Å². The van der Waals surface area contributed by atoms with Gasteiger partial charge in [0.2, 0.25) is 12.6 Å². The van der Waals surface area contributed by atoms with Crippen molar-refractivity contribution in [3.8, 4) is 23.0 Å². The number of nitrogens with one attached hydrogen (secondary N) is 4. The van der Waals surface area contributed by atoms with Gasteiger partial charge in [0.05, 0.1) is 0 Å². The lowest BCUT2D eigenvalue weighted by Crippen LogP contribution is -2.05. The van der Waals surface area contributed by atoms with Crippen molar-refractivity contribution in [3.63, 3.8) is 0 Å². The molecule has 0 heterocycles. The highest BCUT2D eigenvalue weighted by atomic mass is 31.2. The zero-order valence-electron chi connectivity index (χ0n) is 30.8. The third-order valence-corrected chi connectivity index (χ3v) is 10.1. The Balaban J connectivity index is 0.000000301. The molecule has 0 saturated heterocycles. The van der Waals surface area contributed by atoms with E-state index in [2.05, 4.69) is 21.3 Å². The highest BCUT2D eigenvalue weighted by Gasteiger charge is 2.19. The molecule has 2 unspecified atom stereocenters. The van der Waals surface area contributed by atoms with E-state index in [-0.39, 0.29) is 48.4 Å². The Hall–Kier alpha value is -4.30. The second-order valence-electron chi connectivity index (χ2n) is 12.9. The van der Waals surface area contributed by atoms with Crippen molar-refractivity contribution in [2.75, 3.05) is 46.4 Å². The molecular weight excluding hydrogens is 812 g/mol. The van der Waals surface area contributed by atoms with Crippen LogP contribution in [0.1, 0.15) is 44.5 Å². The van der Waals surface area contributed by atoms with Crippen molar-refractivity contribution < 1.29 is 68.0 Å². The molecule has 0 amide bonds. The molecule has 0 fully saturated rings. The Labute approximate surface area is 324 Å². The minimum atomic E-state index is -4.27. The molecule has 4 rings (SSSR count). The molecule has 304 valence electrons. The van der Waals surface area contributed by atoms with Gasteiger partial charge in [-0.1, -0.05) is 0 Å². The lowest BCUT2D eigenvalue weighted by Gasteiger charge is -2.16. The zero-order chi connectivity index (χ0) is 42.1. The van der Waals surface area contributed by atoms with Crippen LogP contribution in [0.25, 0.3) is 0 Å². The lowest BCUT2D eigenvalue weighted by atomic mass is 9.98. The summed E-state index contributed by atoms with van der Waals surface area (Å²) in [6.45, 7) is 6.68. The summed E-state index contributed by atoms with van der Waals surface area (Å²) in [4.78, 5) is 54.0. The first-order chi connectivity index (χ1) is 25.9.